The monoisotopic (exact) mass is 363 g/mol. The van der Waals surface area contributed by atoms with Gasteiger partial charge < -0.3 is 4.42 Å². The maximum atomic E-state index is 12.9. The molecule has 106 valence electrons. The van der Waals surface area contributed by atoms with Crippen molar-refractivity contribution in [1.82, 2.24) is 4.98 Å². The van der Waals surface area contributed by atoms with Gasteiger partial charge in [-0.15, -0.1) is 11.3 Å². The van der Waals surface area contributed by atoms with Crippen LogP contribution in [0.1, 0.15) is 15.6 Å². The van der Waals surface area contributed by atoms with Crippen LogP contribution >= 0.6 is 27.3 Å². The molecule has 0 aliphatic heterocycles. The van der Waals surface area contributed by atoms with Gasteiger partial charge in [0.2, 0.25) is 5.89 Å². The fourth-order valence-electron chi connectivity index (χ4n) is 1.85. The molecule has 3 aromatic rings. The summed E-state index contributed by atoms with van der Waals surface area (Å²) < 4.78 is 19.4. The second-order valence-electron chi connectivity index (χ2n) is 4.48. The predicted octanol–water partition coefficient (Wildman–Crippen LogP) is 5.74. The van der Waals surface area contributed by atoms with E-state index in [1.165, 1.54) is 17.0 Å². The van der Waals surface area contributed by atoms with E-state index in [-0.39, 0.29) is 5.82 Å². The Bertz CT molecular complexity index is 789. The van der Waals surface area contributed by atoms with Crippen molar-refractivity contribution in [3.8, 4) is 11.3 Å². The minimum atomic E-state index is -0.271. The summed E-state index contributed by atoms with van der Waals surface area (Å²) in [5, 5.41) is 0. The van der Waals surface area contributed by atoms with Crippen LogP contribution in [-0.2, 0) is 0 Å². The zero-order valence-corrected chi connectivity index (χ0v) is 13.5. The third-order valence-corrected chi connectivity index (χ3v) is 4.38. The molecule has 0 saturated carbocycles. The summed E-state index contributed by atoms with van der Waals surface area (Å²) in [5.74, 6) is 0.839. The van der Waals surface area contributed by atoms with E-state index in [1.54, 1.807) is 29.7 Å². The van der Waals surface area contributed by atoms with E-state index in [9.17, 15) is 4.39 Å². The molecule has 1 aromatic carbocycles. The van der Waals surface area contributed by atoms with Gasteiger partial charge >= 0.3 is 0 Å². The lowest BCUT2D eigenvalue weighted by Gasteiger charge is -1.96. The van der Waals surface area contributed by atoms with Gasteiger partial charge in [0.25, 0.3) is 0 Å². The molecule has 0 unspecified atom stereocenters. The SMILES string of the molecule is Cc1ccc(/C=C(\Br)c2ncc(-c3ccc(F)cc3)o2)s1. The first-order valence-electron chi connectivity index (χ1n) is 6.27. The Morgan fingerprint density at radius 3 is 2.67 bits per heavy atom. The Morgan fingerprint density at radius 1 is 1.24 bits per heavy atom. The Kier molecular flexibility index (Phi) is 4.03. The highest BCUT2D eigenvalue weighted by atomic mass is 79.9. The molecule has 2 heterocycles. The average molecular weight is 364 g/mol. The molecule has 21 heavy (non-hydrogen) atoms. The molecule has 0 aliphatic carbocycles. The van der Waals surface area contributed by atoms with Crippen molar-refractivity contribution in [2.45, 2.75) is 6.92 Å². The van der Waals surface area contributed by atoms with Crippen molar-refractivity contribution >= 4 is 37.8 Å². The number of oxazole rings is 1. The minimum Gasteiger partial charge on any atom is -0.436 e. The summed E-state index contributed by atoms with van der Waals surface area (Å²) in [4.78, 5) is 6.62. The molecule has 0 aliphatic rings. The molecule has 0 atom stereocenters. The number of aryl methyl sites for hydroxylation is 1. The summed E-state index contributed by atoms with van der Waals surface area (Å²) in [7, 11) is 0. The zero-order valence-electron chi connectivity index (χ0n) is 11.1. The molecule has 0 amide bonds. The molecule has 0 bridgehead atoms. The fourth-order valence-corrected chi connectivity index (χ4v) is 3.25. The number of hydrogen-bond acceptors (Lipinski definition) is 3. The molecule has 2 aromatic heterocycles. The van der Waals surface area contributed by atoms with Crippen LogP contribution in [-0.4, -0.2) is 4.98 Å². The third-order valence-electron chi connectivity index (χ3n) is 2.87. The van der Waals surface area contributed by atoms with Gasteiger partial charge in [0, 0.05) is 15.3 Å². The molecule has 5 heteroatoms. The smallest absolute Gasteiger partial charge is 0.233 e. The molecule has 0 radical (unpaired) electrons. The highest BCUT2D eigenvalue weighted by Gasteiger charge is 2.09. The molecular formula is C16H11BrFNOS. The van der Waals surface area contributed by atoms with Gasteiger partial charge in [0.15, 0.2) is 5.76 Å². The van der Waals surface area contributed by atoms with Crippen molar-refractivity contribution < 1.29 is 8.81 Å². The molecule has 3 rings (SSSR count). The van der Waals surface area contributed by atoms with Crippen LogP contribution in [0.3, 0.4) is 0 Å². The largest absolute Gasteiger partial charge is 0.436 e. The van der Waals surface area contributed by atoms with Crippen molar-refractivity contribution in [2.24, 2.45) is 0 Å². The van der Waals surface area contributed by atoms with Crippen molar-refractivity contribution in [3.63, 3.8) is 0 Å². The molecule has 0 spiro atoms. The zero-order chi connectivity index (χ0) is 14.8. The summed E-state index contributed by atoms with van der Waals surface area (Å²) in [5.41, 5.74) is 0.794. The standard InChI is InChI=1S/C16H11BrFNOS/c1-10-2-7-13(21-10)8-14(17)16-19-9-15(20-16)11-3-5-12(18)6-4-11/h2-9H,1H3/b14-8-. The van der Waals surface area contributed by atoms with Crippen LogP contribution in [0.4, 0.5) is 4.39 Å². The van der Waals surface area contributed by atoms with Gasteiger partial charge in [-0.1, -0.05) is 0 Å². The first-order chi connectivity index (χ1) is 10.1. The predicted molar refractivity (Wildman–Crippen MR) is 87.8 cm³/mol. The van der Waals surface area contributed by atoms with Crippen LogP contribution in [0.25, 0.3) is 21.9 Å². The Labute approximate surface area is 134 Å². The maximum Gasteiger partial charge on any atom is 0.233 e. The maximum absolute atomic E-state index is 12.9. The van der Waals surface area contributed by atoms with Gasteiger partial charge in [-0.2, -0.15) is 0 Å². The van der Waals surface area contributed by atoms with E-state index < -0.39 is 0 Å². The van der Waals surface area contributed by atoms with Gasteiger partial charge in [-0.3, -0.25) is 0 Å². The molecule has 0 N–H and O–H groups in total. The second kappa shape index (κ2) is 5.95. The van der Waals surface area contributed by atoms with Crippen LogP contribution in [0.5, 0.6) is 0 Å². The number of thiophene rings is 1. The Morgan fingerprint density at radius 2 is 2.00 bits per heavy atom. The van der Waals surface area contributed by atoms with Crippen molar-refractivity contribution in [1.29, 1.82) is 0 Å². The number of aromatic nitrogens is 1. The van der Waals surface area contributed by atoms with E-state index in [0.717, 1.165) is 14.9 Å². The van der Waals surface area contributed by atoms with E-state index in [2.05, 4.69) is 33.9 Å². The molecule has 2 nitrogen and oxygen atoms in total. The van der Waals surface area contributed by atoms with Crippen LogP contribution in [0, 0.1) is 12.7 Å². The summed E-state index contributed by atoms with van der Waals surface area (Å²) >= 11 is 5.18. The van der Waals surface area contributed by atoms with Gasteiger partial charge in [-0.05, 0) is 65.3 Å². The lowest BCUT2D eigenvalue weighted by Crippen LogP contribution is -1.75. The summed E-state index contributed by atoms with van der Waals surface area (Å²) in [6.07, 6.45) is 3.61. The number of rotatable bonds is 3. The number of benzene rings is 1. The van der Waals surface area contributed by atoms with Gasteiger partial charge in [0.05, 0.1) is 10.7 Å². The number of nitrogens with zero attached hydrogens (tertiary/aromatic N) is 1. The van der Waals surface area contributed by atoms with Crippen LogP contribution < -0.4 is 0 Å². The summed E-state index contributed by atoms with van der Waals surface area (Å²) in [6, 6.07) is 10.2. The third kappa shape index (κ3) is 3.31. The Balaban J connectivity index is 1.87. The molecular weight excluding hydrogens is 353 g/mol. The quantitative estimate of drug-likeness (QED) is 0.592. The van der Waals surface area contributed by atoms with Gasteiger partial charge in [0.1, 0.15) is 5.82 Å². The van der Waals surface area contributed by atoms with Crippen molar-refractivity contribution in [2.75, 3.05) is 0 Å². The lowest BCUT2D eigenvalue weighted by atomic mass is 10.2. The van der Waals surface area contributed by atoms with E-state index in [4.69, 9.17) is 4.42 Å². The summed E-state index contributed by atoms with van der Waals surface area (Å²) in [6.45, 7) is 2.06. The first-order valence-corrected chi connectivity index (χ1v) is 7.88. The highest BCUT2D eigenvalue weighted by Crippen LogP contribution is 2.29. The topological polar surface area (TPSA) is 26.0 Å². The average Bonchev–Trinajstić information content (AvgIpc) is 3.09. The minimum absolute atomic E-state index is 0.271. The van der Waals surface area contributed by atoms with E-state index in [0.29, 0.717) is 11.7 Å². The normalized spacial score (nSPS) is 11.9. The molecule has 0 fully saturated rings. The highest BCUT2D eigenvalue weighted by molar-refractivity contribution is 9.15. The Hall–Kier alpha value is -1.72. The number of halogens is 2. The van der Waals surface area contributed by atoms with Crippen LogP contribution in [0.15, 0.2) is 47.0 Å². The second-order valence-corrected chi connectivity index (χ2v) is 6.65. The fraction of sp³-hybridized carbons (Fsp3) is 0.0625. The van der Waals surface area contributed by atoms with Gasteiger partial charge in [-0.25, -0.2) is 9.37 Å². The van der Waals surface area contributed by atoms with E-state index >= 15 is 0 Å². The first kappa shape index (κ1) is 14.2. The number of hydrogen-bond donors (Lipinski definition) is 0. The lowest BCUT2D eigenvalue weighted by molar-refractivity contribution is 0.559. The van der Waals surface area contributed by atoms with Crippen molar-refractivity contribution in [3.05, 3.63) is 64.1 Å². The van der Waals surface area contributed by atoms with Crippen LogP contribution in [0.2, 0.25) is 0 Å². The van der Waals surface area contributed by atoms with E-state index in [1.807, 2.05) is 12.1 Å². The molecule has 0 saturated heterocycles.